The van der Waals surface area contributed by atoms with Crippen molar-refractivity contribution in [3.63, 3.8) is 0 Å². The molecule has 0 bridgehead atoms. The second-order valence-electron chi connectivity index (χ2n) is 5.20. The number of carbonyl (C=O) groups is 1. The fourth-order valence-corrected chi connectivity index (χ4v) is 2.37. The molecule has 0 saturated carbocycles. The van der Waals surface area contributed by atoms with E-state index in [4.69, 9.17) is 14.2 Å². The third kappa shape index (κ3) is 4.46. The van der Waals surface area contributed by atoms with Crippen LogP contribution in [0.4, 0.5) is 11.4 Å². The molecule has 0 atom stereocenters. The average molecular weight is 374 g/mol. The van der Waals surface area contributed by atoms with Gasteiger partial charge in [-0.05, 0) is 12.1 Å². The van der Waals surface area contributed by atoms with E-state index in [0.29, 0.717) is 22.9 Å². The maximum Gasteiger partial charge on any atom is 0.280 e. The van der Waals surface area contributed by atoms with E-state index < -0.39 is 10.8 Å². The molecule has 9 heteroatoms. The van der Waals surface area contributed by atoms with Gasteiger partial charge in [0, 0.05) is 30.0 Å². The molecule has 0 aromatic heterocycles. The molecule has 0 unspecified atom stereocenters. The van der Waals surface area contributed by atoms with Crippen LogP contribution in [0.3, 0.4) is 0 Å². The van der Waals surface area contributed by atoms with Crippen LogP contribution in [0.25, 0.3) is 6.08 Å². The van der Waals surface area contributed by atoms with Gasteiger partial charge in [-0.2, -0.15) is 0 Å². The number of benzene rings is 2. The Kier molecular flexibility index (Phi) is 6.21. The Morgan fingerprint density at radius 1 is 1.15 bits per heavy atom. The standard InChI is InChI=1S/C18H18N2O7/c1-25-15-9-11(10-16(26-2)18(15)27-3)19-17(22)8-7-12-13(20(23)24)5-4-6-14(12)21/h4-10,21H,1-3H3,(H,19,22)/b8-7+. The van der Waals surface area contributed by atoms with Gasteiger partial charge in [0.25, 0.3) is 5.69 Å². The van der Waals surface area contributed by atoms with Gasteiger partial charge in [-0.3, -0.25) is 14.9 Å². The number of nitro groups is 1. The molecule has 0 spiro atoms. The largest absolute Gasteiger partial charge is 0.507 e. The highest BCUT2D eigenvalue weighted by molar-refractivity contribution is 6.02. The minimum absolute atomic E-state index is 0.0671. The van der Waals surface area contributed by atoms with E-state index in [9.17, 15) is 20.0 Å². The first kappa shape index (κ1) is 19.6. The lowest BCUT2D eigenvalue weighted by molar-refractivity contribution is -0.385. The number of phenolic OH excluding ortho intramolecular Hbond substituents is 1. The monoisotopic (exact) mass is 374 g/mol. The Balaban J connectivity index is 2.27. The Morgan fingerprint density at radius 2 is 1.78 bits per heavy atom. The second-order valence-corrected chi connectivity index (χ2v) is 5.20. The normalized spacial score (nSPS) is 10.5. The van der Waals surface area contributed by atoms with Crippen molar-refractivity contribution in [2.75, 3.05) is 26.6 Å². The molecule has 0 saturated heterocycles. The van der Waals surface area contributed by atoms with Gasteiger partial charge >= 0.3 is 0 Å². The summed E-state index contributed by atoms with van der Waals surface area (Å²) in [6.45, 7) is 0. The summed E-state index contributed by atoms with van der Waals surface area (Å²) in [5, 5.41) is 23.4. The summed E-state index contributed by atoms with van der Waals surface area (Å²) < 4.78 is 15.6. The van der Waals surface area contributed by atoms with E-state index in [1.807, 2.05) is 0 Å². The van der Waals surface area contributed by atoms with E-state index in [-0.39, 0.29) is 17.0 Å². The fraction of sp³-hybridized carbons (Fsp3) is 0.167. The molecule has 0 aliphatic rings. The quantitative estimate of drug-likeness (QED) is 0.434. The van der Waals surface area contributed by atoms with Crippen molar-refractivity contribution in [1.29, 1.82) is 0 Å². The van der Waals surface area contributed by atoms with Crippen LogP contribution in [0.1, 0.15) is 5.56 Å². The number of nitrogens with one attached hydrogen (secondary N) is 1. The lowest BCUT2D eigenvalue weighted by atomic mass is 10.1. The number of hydrogen-bond acceptors (Lipinski definition) is 7. The molecule has 0 aliphatic carbocycles. The van der Waals surface area contributed by atoms with Crippen LogP contribution in [0, 0.1) is 10.1 Å². The van der Waals surface area contributed by atoms with Gasteiger partial charge in [0.2, 0.25) is 11.7 Å². The van der Waals surface area contributed by atoms with Crippen molar-refractivity contribution in [1.82, 2.24) is 0 Å². The predicted octanol–water partition coefficient (Wildman–Crippen LogP) is 2.98. The lowest BCUT2D eigenvalue weighted by Gasteiger charge is -2.14. The molecule has 2 N–H and O–H groups in total. The molecule has 2 aromatic rings. The topological polar surface area (TPSA) is 120 Å². The van der Waals surface area contributed by atoms with Crippen molar-refractivity contribution in [2.45, 2.75) is 0 Å². The van der Waals surface area contributed by atoms with Gasteiger partial charge in [0.1, 0.15) is 5.75 Å². The number of phenols is 1. The first-order valence-electron chi connectivity index (χ1n) is 7.66. The van der Waals surface area contributed by atoms with Crippen LogP contribution in [-0.4, -0.2) is 37.3 Å². The number of ether oxygens (including phenoxy) is 3. The van der Waals surface area contributed by atoms with Crippen molar-refractivity contribution in [3.8, 4) is 23.0 Å². The third-order valence-electron chi connectivity index (χ3n) is 3.59. The summed E-state index contributed by atoms with van der Waals surface area (Å²) in [5.41, 5.74) is -0.0136. The highest BCUT2D eigenvalue weighted by atomic mass is 16.6. The predicted molar refractivity (Wildman–Crippen MR) is 98.5 cm³/mol. The Bertz CT molecular complexity index is 868. The molecule has 1 amide bonds. The number of rotatable bonds is 7. The molecule has 2 rings (SSSR count). The van der Waals surface area contributed by atoms with Gasteiger partial charge < -0.3 is 24.6 Å². The summed E-state index contributed by atoms with van der Waals surface area (Å²) in [4.78, 5) is 22.6. The Hall–Kier alpha value is -3.75. The minimum atomic E-state index is -0.642. The lowest BCUT2D eigenvalue weighted by Crippen LogP contribution is -2.08. The second kappa shape index (κ2) is 8.56. The highest BCUT2D eigenvalue weighted by Gasteiger charge is 2.16. The number of nitro benzene ring substituents is 1. The number of nitrogens with zero attached hydrogens (tertiary/aromatic N) is 1. The molecule has 2 aromatic carbocycles. The minimum Gasteiger partial charge on any atom is -0.507 e. The summed E-state index contributed by atoms with van der Waals surface area (Å²) in [5.74, 6) is 0.209. The maximum atomic E-state index is 12.2. The van der Waals surface area contributed by atoms with Crippen LogP contribution in [0.15, 0.2) is 36.4 Å². The molecule has 0 heterocycles. The summed E-state index contributed by atoms with van der Waals surface area (Å²) in [7, 11) is 4.35. The molecule has 0 aliphatic heterocycles. The zero-order valence-electron chi connectivity index (χ0n) is 14.9. The van der Waals surface area contributed by atoms with Gasteiger partial charge in [-0.1, -0.05) is 6.07 Å². The van der Waals surface area contributed by atoms with E-state index in [1.54, 1.807) is 0 Å². The summed E-state index contributed by atoms with van der Waals surface area (Å²) >= 11 is 0. The van der Waals surface area contributed by atoms with Crippen molar-refractivity contribution in [3.05, 3.63) is 52.1 Å². The van der Waals surface area contributed by atoms with Crippen LogP contribution in [0.5, 0.6) is 23.0 Å². The molecular weight excluding hydrogens is 356 g/mol. The first-order chi connectivity index (χ1) is 12.9. The fourth-order valence-electron chi connectivity index (χ4n) is 2.37. The van der Waals surface area contributed by atoms with Crippen LogP contribution in [-0.2, 0) is 4.79 Å². The third-order valence-corrected chi connectivity index (χ3v) is 3.59. The number of anilines is 1. The first-order valence-corrected chi connectivity index (χ1v) is 7.66. The van der Waals surface area contributed by atoms with Crippen LogP contribution in [0.2, 0.25) is 0 Å². The summed E-state index contributed by atoms with van der Waals surface area (Å²) in [6, 6.07) is 6.95. The number of methoxy groups -OCH3 is 3. The zero-order chi connectivity index (χ0) is 20.0. The molecule has 27 heavy (non-hydrogen) atoms. The SMILES string of the molecule is COc1cc(NC(=O)/C=C/c2c(O)cccc2[N+](=O)[O-])cc(OC)c1OC. The summed E-state index contributed by atoms with van der Waals surface area (Å²) in [6.07, 6.45) is 2.24. The van der Waals surface area contributed by atoms with Crippen molar-refractivity contribution in [2.24, 2.45) is 0 Å². The maximum absolute atomic E-state index is 12.2. The van der Waals surface area contributed by atoms with Crippen molar-refractivity contribution >= 4 is 23.4 Å². The van der Waals surface area contributed by atoms with E-state index in [0.717, 1.165) is 6.08 Å². The van der Waals surface area contributed by atoms with Gasteiger partial charge in [-0.15, -0.1) is 0 Å². The van der Waals surface area contributed by atoms with Crippen molar-refractivity contribution < 1.29 is 29.0 Å². The van der Waals surface area contributed by atoms with Gasteiger partial charge in [0.15, 0.2) is 11.5 Å². The van der Waals surface area contributed by atoms with Crippen LogP contribution >= 0.6 is 0 Å². The van der Waals surface area contributed by atoms with Gasteiger partial charge in [-0.25, -0.2) is 0 Å². The number of aromatic hydroxyl groups is 1. The molecule has 9 nitrogen and oxygen atoms in total. The molecule has 0 fully saturated rings. The van der Waals surface area contributed by atoms with E-state index in [1.165, 1.54) is 57.7 Å². The number of carbonyl (C=O) groups excluding carboxylic acids is 1. The zero-order valence-corrected chi connectivity index (χ0v) is 14.9. The smallest absolute Gasteiger partial charge is 0.280 e. The highest BCUT2D eigenvalue weighted by Crippen LogP contribution is 2.40. The Morgan fingerprint density at radius 3 is 2.30 bits per heavy atom. The number of hydrogen-bond donors (Lipinski definition) is 2. The van der Waals surface area contributed by atoms with E-state index in [2.05, 4.69) is 5.32 Å². The average Bonchev–Trinajstić information content (AvgIpc) is 2.65. The Labute approximate surface area is 154 Å². The molecule has 0 radical (unpaired) electrons. The van der Waals surface area contributed by atoms with Gasteiger partial charge in [0.05, 0.1) is 31.8 Å². The number of amides is 1. The molecule has 142 valence electrons. The van der Waals surface area contributed by atoms with E-state index >= 15 is 0 Å². The molecular formula is C18H18N2O7. The van der Waals surface area contributed by atoms with Crippen LogP contribution < -0.4 is 19.5 Å².